The topological polar surface area (TPSA) is 95.8 Å². The van der Waals surface area contributed by atoms with Crippen molar-refractivity contribution in [1.82, 2.24) is 4.90 Å². The Hall–Kier alpha value is -3.40. The van der Waals surface area contributed by atoms with Crippen molar-refractivity contribution < 1.29 is 13.3 Å². The molecule has 0 unspecified atom stereocenters. The van der Waals surface area contributed by atoms with E-state index >= 15 is 0 Å². The van der Waals surface area contributed by atoms with Crippen LogP contribution in [-0.2, 0) is 10.0 Å². The Morgan fingerprint density at radius 3 is 2.31 bits per heavy atom. The summed E-state index contributed by atoms with van der Waals surface area (Å²) in [5.74, 6) is 0. The number of hydrogen-bond acceptors (Lipinski definition) is 6. The van der Waals surface area contributed by atoms with Gasteiger partial charge in [0.2, 0.25) is 0 Å². The lowest BCUT2D eigenvalue weighted by Gasteiger charge is -2.35. The second kappa shape index (κ2) is 10.9. The fraction of sp³-hybridized carbons (Fsp3) is 0.200. The van der Waals surface area contributed by atoms with Gasteiger partial charge >= 0.3 is 0 Å². The van der Waals surface area contributed by atoms with Crippen LogP contribution in [0.25, 0.3) is 6.08 Å². The van der Waals surface area contributed by atoms with Gasteiger partial charge in [-0.1, -0.05) is 54.1 Å². The summed E-state index contributed by atoms with van der Waals surface area (Å²) in [6, 6.07) is 20.3. The molecule has 3 aromatic rings. The molecule has 4 rings (SSSR count). The number of nitrogens with one attached hydrogen (secondary N) is 1. The average molecular weight is 513 g/mol. The van der Waals surface area contributed by atoms with Gasteiger partial charge in [-0.15, -0.1) is 0 Å². The molecule has 0 amide bonds. The van der Waals surface area contributed by atoms with Crippen LogP contribution in [0.4, 0.5) is 17.1 Å². The van der Waals surface area contributed by atoms with Gasteiger partial charge in [-0.3, -0.25) is 19.7 Å². The summed E-state index contributed by atoms with van der Waals surface area (Å²) in [5, 5.41) is 12.3. The van der Waals surface area contributed by atoms with Gasteiger partial charge in [0.25, 0.3) is 15.7 Å². The van der Waals surface area contributed by atoms with E-state index in [0.717, 1.165) is 31.3 Å². The van der Waals surface area contributed by atoms with Crippen molar-refractivity contribution in [2.75, 3.05) is 42.3 Å². The van der Waals surface area contributed by atoms with Crippen LogP contribution in [0, 0.1) is 10.1 Å². The number of halogens is 1. The molecule has 1 N–H and O–H groups in total. The van der Waals surface area contributed by atoms with E-state index in [-0.39, 0.29) is 10.6 Å². The van der Waals surface area contributed by atoms with Crippen molar-refractivity contribution in [3.05, 3.63) is 99.6 Å². The van der Waals surface area contributed by atoms with Crippen molar-refractivity contribution in [1.29, 1.82) is 0 Å². The first-order valence-corrected chi connectivity index (χ1v) is 12.9. The highest BCUT2D eigenvalue weighted by molar-refractivity contribution is 7.92. The minimum atomic E-state index is -4.00. The zero-order valence-corrected chi connectivity index (χ0v) is 20.5. The molecule has 0 aliphatic carbocycles. The normalized spacial score (nSPS) is 14.8. The molecule has 3 aromatic carbocycles. The number of nitro groups is 1. The van der Waals surface area contributed by atoms with E-state index in [9.17, 15) is 18.5 Å². The van der Waals surface area contributed by atoms with Crippen LogP contribution in [0.1, 0.15) is 5.56 Å². The third kappa shape index (κ3) is 6.39. The zero-order chi connectivity index (χ0) is 24.8. The van der Waals surface area contributed by atoms with E-state index in [1.54, 1.807) is 12.1 Å². The predicted octanol–water partition coefficient (Wildman–Crippen LogP) is 4.88. The summed E-state index contributed by atoms with van der Waals surface area (Å²) < 4.78 is 28.0. The summed E-state index contributed by atoms with van der Waals surface area (Å²) in [6.45, 7) is 3.49. The van der Waals surface area contributed by atoms with Crippen LogP contribution in [0.3, 0.4) is 0 Å². The van der Waals surface area contributed by atoms with Crippen LogP contribution < -0.4 is 9.62 Å². The molecule has 1 fully saturated rings. The summed E-state index contributed by atoms with van der Waals surface area (Å²) in [6.07, 6.45) is 4.19. The van der Waals surface area contributed by atoms with E-state index < -0.39 is 14.9 Å². The Labute approximate surface area is 209 Å². The molecule has 0 aromatic heterocycles. The molecule has 0 bridgehead atoms. The summed E-state index contributed by atoms with van der Waals surface area (Å²) in [4.78, 5) is 15.3. The molecule has 0 radical (unpaired) electrons. The maximum Gasteiger partial charge on any atom is 0.293 e. The molecule has 182 valence electrons. The van der Waals surface area contributed by atoms with E-state index in [1.807, 2.05) is 35.2 Å². The van der Waals surface area contributed by atoms with Crippen molar-refractivity contribution in [2.45, 2.75) is 4.90 Å². The molecule has 1 heterocycles. The lowest BCUT2D eigenvalue weighted by Crippen LogP contribution is -2.46. The van der Waals surface area contributed by atoms with Gasteiger partial charge in [-0.05, 0) is 42.0 Å². The second-order valence-electron chi connectivity index (χ2n) is 8.12. The number of sulfonamides is 1. The van der Waals surface area contributed by atoms with Gasteiger partial charge in [0.1, 0.15) is 5.69 Å². The maximum atomic E-state index is 12.8. The van der Waals surface area contributed by atoms with E-state index in [1.165, 1.54) is 24.3 Å². The zero-order valence-electron chi connectivity index (χ0n) is 18.9. The van der Waals surface area contributed by atoms with E-state index in [2.05, 4.69) is 21.8 Å². The molecule has 35 heavy (non-hydrogen) atoms. The Balaban J connectivity index is 1.43. The second-order valence-corrected chi connectivity index (χ2v) is 10.2. The standard InChI is InChI=1S/C25H25ClN4O4S/c26-21-8-10-22(11-9-21)27-35(33,34)23-12-13-24(25(19-23)30(31)32)29-17-15-28(16-18-29)14-4-7-20-5-2-1-3-6-20/h1-13,19,27H,14-18H2/b7-4-. The monoisotopic (exact) mass is 512 g/mol. The quantitative estimate of drug-likeness (QED) is 0.341. The van der Waals surface area contributed by atoms with Crippen LogP contribution in [-0.4, -0.2) is 51.0 Å². The summed E-state index contributed by atoms with van der Waals surface area (Å²) in [7, 11) is -4.00. The van der Waals surface area contributed by atoms with E-state index in [0.29, 0.717) is 29.5 Å². The van der Waals surface area contributed by atoms with Crippen molar-refractivity contribution >= 4 is 44.8 Å². The molecule has 0 saturated carbocycles. The molecule has 0 spiro atoms. The molecule has 10 heteroatoms. The van der Waals surface area contributed by atoms with Crippen LogP contribution >= 0.6 is 11.6 Å². The average Bonchev–Trinajstić information content (AvgIpc) is 2.86. The smallest absolute Gasteiger partial charge is 0.293 e. The lowest BCUT2D eigenvalue weighted by atomic mass is 10.2. The predicted molar refractivity (Wildman–Crippen MR) is 139 cm³/mol. The summed E-state index contributed by atoms with van der Waals surface area (Å²) in [5.41, 5.74) is 1.64. The van der Waals surface area contributed by atoms with Gasteiger partial charge in [0.05, 0.1) is 9.82 Å². The molecular formula is C25H25ClN4O4S. The minimum absolute atomic E-state index is 0.174. The molecule has 8 nitrogen and oxygen atoms in total. The fourth-order valence-corrected chi connectivity index (χ4v) is 5.09. The molecular weight excluding hydrogens is 488 g/mol. The summed E-state index contributed by atoms with van der Waals surface area (Å²) >= 11 is 5.84. The number of benzene rings is 3. The van der Waals surface area contributed by atoms with Crippen molar-refractivity contribution in [3.63, 3.8) is 0 Å². The van der Waals surface area contributed by atoms with Gasteiger partial charge in [-0.2, -0.15) is 0 Å². The van der Waals surface area contributed by atoms with Gasteiger partial charge < -0.3 is 4.90 Å². The number of anilines is 2. The number of hydrogen-bond donors (Lipinski definition) is 1. The fourth-order valence-electron chi connectivity index (χ4n) is 3.89. The van der Waals surface area contributed by atoms with Crippen molar-refractivity contribution in [2.24, 2.45) is 0 Å². The molecule has 0 atom stereocenters. The molecule has 1 aliphatic heterocycles. The largest absolute Gasteiger partial charge is 0.363 e. The number of piperazine rings is 1. The highest BCUT2D eigenvalue weighted by atomic mass is 35.5. The third-order valence-electron chi connectivity index (χ3n) is 5.74. The SMILES string of the molecule is O=[N+]([O-])c1cc(S(=O)(=O)Nc2ccc(Cl)cc2)ccc1N1CCN(C/C=C\c2ccccc2)CC1. The van der Waals surface area contributed by atoms with Crippen LogP contribution in [0.15, 0.2) is 83.8 Å². The van der Waals surface area contributed by atoms with Crippen molar-refractivity contribution in [3.8, 4) is 0 Å². The number of rotatable bonds is 8. The number of nitro benzene ring substituents is 1. The van der Waals surface area contributed by atoms with E-state index in [4.69, 9.17) is 11.6 Å². The highest BCUT2D eigenvalue weighted by Gasteiger charge is 2.26. The highest BCUT2D eigenvalue weighted by Crippen LogP contribution is 2.32. The van der Waals surface area contributed by atoms with Gasteiger partial charge in [0.15, 0.2) is 0 Å². The Morgan fingerprint density at radius 1 is 0.971 bits per heavy atom. The maximum absolute atomic E-state index is 12.8. The van der Waals surface area contributed by atoms with Gasteiger partial charge in [-0.25, -0.2) is 8.42 Å². The van der Waals surface area contributed by atoms with Gasteiger partial charge in [0, 0.05) is 49.5 Å². The Bertz CT molecular complexity index is 1310. The van der Waals surface area contributed by atoms with Crippen LogP contribution in [0.5, 0.6) is 0 Å². The first kappa shape index (κ1) is 24.7. The number of nitrogens with zero attached hydrogens (tertiary/aromatic N) is 3. The minimum Gasteiger partial charge on any atom is -0.363 e. The first-order valence-electron chi connectivity index (χ1n) is 11.1. The lowest BCUT2D eigenvalue weighted by molar-refractivity contribution is -0.384. The molecule has 1 saturated heterocycles. The third-order valence-corrected chi connectivity index (χ3v) is 7.37. The van der Waals surface area contributed by atoms with Crippen LogP contribution in [0.2, 0.25) is 5.02 Å². The Kier molecular flexibility index (Phi) is 7.70. The first-order chi connectivity index (χ1) is 16.8. The Morgan fingerprint density at radius 2 is 1.66 bits per heavy atom. The molecule has 1 aliphatic rings.